The standard InChI is InChI=1S/C10H14BNO3/c1-2-7-5-10-9(12-3-4-15-10)6-8(7)11(13)14/h5-6,12-14H,2-4H2,1H3. The van der Waals surface area contributed by atoms with Crippen LogP contribution in [0.25, 0.3) is 0 Å². The number of nitrogens with one attached hydrogen (secondary N) is 1. The first-order valence-corrected chi connectivity index (χ1v) is 5.12. The summed E-state index contributed by atoms with van der Waals surface area (Å²) in [7, 11) is -1.42. The van der Waals surface area contributed by atoms with Crippen LogP contribution in [-0.4, -0.2) is 30.3 Å². The van der Waals surface area contributed by atoms with Crippen molar-refractivity contribution in [2.24, 2.45) is 0 Å². The van der Waals surface area contributed by atoms with E-state index < -0.39 is 7.12 Å². The molecule has 15 heavy (non-hydrogen) atoms. The van der Waals surface area contributed by atoms with E-state index >= 15 is 0 Å². The zero-order valence-electron chi connectivity index (χ0n) is 8.66. The number of hydrogen-bond acceptors (Lipinski definition) is 4. The van der Waals surface area contributed by atoms with E-state index in [1.54, 1.807) is 6.07 Å². The van der Waals surface area contributed by atoms with Crippen molar-refractivity contribution in [3.05, 3.63) is 17.7 Å². The number of fused-ring (bicyclic) bond motifs is 1. The third-order valence-corrected chi connectivity index (χ3v) is 2.58. The highest BCUT2D eigenvalue weighted by molar-refractivity contribution is 6.59. The molecule has 0 atom stereocenters. The molecule has 1 aliphatic heterocycles. The fraction of sp³-hybridized carbons (Fsp3) is 0.400. The Bertz CT molecular complexity index is 368. The van der Waals surface area contributed by atoms with Gasteiger partial charge in [-0.3, -0.25) is 0 Å². The Balaban J connectivity index is 2.46. The summed E-state index contributed by atoms with van der Waals surface area (Å²) in [5.41, 5.74) is 2.29. The van der Waals surface area contributed by atoms with Gasteiger partial charge in [-0.25, -0.2) is 0 Å². The SMILES string of the molecule is CCc1cc2c(cc1B(O)O)NCCO2. The van der Waals surface area contributed by atoms with Crippen LogP contribution in [0, 0.1) is 0 Å². The van der Waals surface area contributed by atoms with E-state index in [0.717, 1.165) is 30.0 Å². The van der Waals surface area contributed by atoms with Gasteiger partial charge in [0, 0.05) is 6.54 Å². The Hall–Kier alpha value is -1.20. The van der Waals surface area contributed by atoms with E-state index in [9.17, 15) is 10.0 Å². The Morgan fingerprint density at radius 1 is 1.47 bits per heavy atom. The fourth-order valence-electron chi connectivity index (χ4n) is 1.79. The molecule has 0 spiro atoms. The van der Waals surface area contributed by atoms with Gasteiger partial charge in [0.05, 0.1) is 5.69 Å². The average molecular weight is 207 g/mol. The van der Waals surface area contributed by atoms with Gasteiger partial charge in [0.2, 0.25) is 0 Å². The van der Waals surface area contributed by atoms with Crippen molar-refractivity contribution in [3.8, 4) is 5.75 Å². The highest BCUT2D eigenvalue weighted by Crippen LogP contribution is 2.27. The van der Waals surface area contributed by atoms with Gasteiger partial charge in [0.25, 0.3) is 0 Å². The zero-order valence-corrected chi connectivity index (χ0v) is 8.66. The normalized spacial score (nSPS) is 13.8. The van der Waals surface area contributed by atoms with E-state index in [4.69, 9.17) is 4.74 Å². The molecule has 3 N–H and O–H groups in total. The molecule has 80 valence electrons. The van der Waals surface area contributed by atoms with Crippen molar-refractivity contribution in [2.75, 3.05) is 18.5 Å². The molecule has 0 saturated carbocycles. The lowest BCUT2D eigenvalue weighted by molar-refractivity contribution is 0.323. The van der Waals surface area contributed by atoms with Gasteiger partial charge in [0.15, 0.2) is 0 Å². The van der Waals surface area contributed by atoms with Gasteiger partial charge in [0.1, 0.15) is 12.4 Å². The minimum atomic E-state index is -1.42. The first kappa shape index (κ1) is 10.3. The summed E-state index contributed by atoms with van der Waals surface area (Å²) in [5.74, 6) is 0.794. The van der Waals surface area contributed by atoms with E-state index in [0.29, 0.717) is 12.1 Å². The minimum Gasteiger partial charge on any atom is -0.490 e. The monoisotopic (exact) mass is 207 g/mol. The maximum atomic E-state index is 9.22. The van der Waals surface area contributed by atoms with Crippen molar-refractivity contribution < 1.29 is 14.8 Å². The molecule has 0 radical (unpaired) electrons. The second-order valence-corrected chi connectivity index (χ2v) is 3.55. The van der Waals surface area contributed by atoms with Crippen LogP contribution in [0.15, 0.2) is 12.1 Å². The molecule has 0 amide bonds. The number of ether oxygens (including phenoxy) is 1. The van der Waals surface area contributed by atoms with Crippen LogP contribution in [0.2, 0.25) is 0 Å². The molecule has 1 aliphatic rings. The molecule has 0 bridgehead atoms. The molecule has 0 fully saturated rings. The number of aryl methyl sites for hydroxylation is 1. The average Bonchev–Trinajstić information content (AvgIpc) is 2.27. The van der Waals surface area contributed by atoms with Crippen molar-refractivity contribution >= 4 is 18.3 Å². The molecule has 1 heterocycles. The third kappa shape index (κ3) is 1.93. The lowest BCUT2D eigenvalue weighted by Gasteiger charge is -2.21. The predicted molar refractivity (Wildman–Crippen MR) is 59.6 cm³/mol. The first-order chi connectivity index (χ1) is 7.22. The maximum Gasteiger partial charge on any atom is 0.488 e. The summed E-state index contributed by atoms with van der Waals surface area (Å²) in [6.07, 6.45) is 0.754. The highest BCUT2D eigenvalue weighted by Gasteiger charge is 2.20. The molecule has 0 saturated heterocycles. The van der Waals surface area contributed by atoms with Gasteiger partial charge < -0.3 is 20.1 Å². The number of anilines is 1. The molecule has 2 rings (SSSR count). The summed E-state index contributed by atoms with van der Waals surface area (Å²) in [6.45, 7) is 3.38. The molecule has 1 aromatic rings. The van der Waals surface area contributed by atoms with Gasteiger partial charge in [-0.05, 0) is 29.6 Å². The number of hydrogen-bond donors (Lipinski definition) is 3. The molecular formula is C10H14BNO3. The van der Waals surface area contributed by atoms with E-state index in [2.05, 4.69) is 5.32 Å². The lowest BCUT2D eigenvalue weighted by atomic mass is 9.76. The lowest BCUT2D eigenvalue weighted by Crippen LogP contribution is -2.34. The van der Waals surface area contributed by atoms with Crippen molar-refractivity contribution in [1.82, 2.24) is 0 Å². The van der Waals surface area contributed by atoms with Crippen LogP contribution in [0.4, 0.5) is 5.69 Å². The topological polar surface area (TPSA) is 61.7 Å². The third-order valence-electron chi connectivity index (χ3n) is 2.58. The second kappa shape index (κ2) is 4.12. The zero-order chi connectivity index (χ0) is 10.8. The van der Waals surface area contributed by atoms with Crippen LogP contribution in [-0.2, 0) is 6.42 Å². The number of benzene rings is 1. The second-order valence-electron chi connectivity index (χ2n) is 3.55. The Morgan fingerprint density at radius 2 is 2.27 bits per heavy atom. The smallest absolute Gasteiger partial charge is 0.488 e. The molecule has 0 aliphatic carbocycles. The van der Waals surface area contributed by atoms with E-state index in [1.807, 2.05) is 13.0 Å². The van der Waals surface area contributed by atoms with Crippen LogP contribution < -0.4 is 15.5 Å². The summed E-state index contributed by atoms with van der Waals surface area (Å²) in [6, 6.07) is 3.62. The molecule has 5 heteroatoms. The summed E-state index contributed by atoms with van der Waals surface area (Å²) < 4.78 is 5.47. The molecule has 0 aromatic heterocycles. The van der Waals surface area contributed by atoms with Crippen LogP contribution in [0.3, 0.4) is 0 Å². The van der Waals surface area contributed by atoms with Crippen LogP contribution >= 0.6 is 0 Å². The highest BCUT2D eigenvalue weighted by atomic mass is 16.5. The van der Waals surface area contributed by atoms with Gasteiger partial charge in [-0.1, -0.05) is 6.92 Å². The van der Waals surface area contributed by atoms with Crippen molar-refractivity contribution in [2.45, 2.75) is 13.3 Å². The molecule has 0 unspecified atom stereocenters. The van der Waals surface area contributed by atoms with Crippen LogP contribution in [0.1, 0.15) is 12.5 Å². The minimum absolute atomic E-state index is 0.550. The molecule has 1 aromatic carbocycles. The Kier molecular flexibility index (Phi) is 2.84. The Morgan fingerprint density at radius 3 is 2.93 bits per heavy atom. The summed E-state index contributed by atoms with van der Waals surface area (Å²) >= 11 is 0. The molecular weight excluding hydrogens is 193 g/mol. The van der Waals surface area contributed by atoms with Crippen LogP contribution in [0.5, 0.6) is 5.75 Å². The summed E-state index contributed by atoms with van der Waals surface area (Å²) in [4.78, 5) is 0. The maximum absolute atomic E-state index is 9.22. The largest absolute Gasteiger partial charge is 0.490 e. The van der Waals surface area contributed by atoms with Gasteiger partial charge in [-0.2, -0.15) is 0 Å². The Labute approximate surface area is 89.0 Å². The van der Waals surface area contributed by atoms with Crippen molar-refractivity contribution in [3.63, 3.8) is 0 Å². The first-order valence-electron chi connectivity index (χ1n) is 5.12. The summed E-state index contributed by atoms with van der Waals surface area (Å²) in [5, 5.41) is 21.6. The van der Waals surface area contributed by atoms with E-state index in [-0.39, 0.29) is 0 Å². The predicted octanol–water partition coefficient (Wildman–Crippen LogP) is -0.267. The quantitative estimate of drug-likeness (QED) is 0.584. The van der Waals surface area contributed by atoms with Gasteiger partial charge in [-0.15, -0.1) is 0 Å². The van der Waals surface area contributed by atoms with E-state index in [1.165, 1.54) is 0 Å². The molecule has 4 nitrogen and oxygen atoms in total. The van der Waals surface area contributed by atoms with Gasteiger partial charge >= 0.3 is 7.12 Å². The van der Waals surface area contributed by atoms with Crippen molar-refractivity contribution in [1.29, 1.82) is 0 Å². The number of rotatable bonds is 2. The fourth-order valence-corrected chi connectivity index (χ4v) is 1.79.